The molecular weight excluding hydrogens is 382 g/mol. The van der Waals surface area contributed by atoms with Gasteiger partial charge in [0.15, 0.2) is 0 Å². The van der Waals surface area contributed by atoms with E-state index in [1.165, 1.54) is 10.5 Å². The fourth-order valence-corrected chi connectivity index (χ4v) is 5.27. The minimum absolute atomic E-state index is 0.0578. The number of aliphatic hydroxyl groups is 1. The van der Waals surface area contributed by atoms with Gasteiger partial charge in [-0.15, -0.1) is 0 Å². The maximum Gasteiger partial charge on any atom is 0.407 e. The van der Waals surface area contributed by atoms with Gasteiger partial charge < -0.3 is 25.3 Å². The third-order valence-corrected chi connectivity index (χ3v) is 6.79. The molecule has 1 aromatic heterocycles. The Morgan fingerprint density at radius 2 is 1.97 bits per heavy atom. The molecule has 1 aromatic rings. The molecule has 8 heteroatoms. The highest BCUT2D eigenvalue weighted by atomic mass is 16.4. The Labute approximate surface area is 178 Å². The van der Waals surface area contributed by atoms with Crippen molar-refractivity contribution in [1.29, 1.82) is 0 Å². The zero-order valence-corrected chi connectivity index (χ0v) is 18.2. The van der Waals surface area contributed by atoms with Crippen LogP contribution in [0.2, 0.25) is 0 Å². The quantitative estimate of drug-likeness (QED) is 0.627. The lowest BCUT2D eigenvalue weighted by Gasteiger charge is -2.46. The first-order valence-electron chi connectivity index (χ1n) is 11.4. The van der Waals surface area contributed by atoms with Crippen molar-refractivity contribution in [2.45, 2.75) is 64.8 Å². The molecule has 1 unspecified atom stereocenters. The van der Waals surface area contributed by atoms with Crippen LogP contribution in [-0.2, 0) is 12.8 Å². The van der Waals surface area contributed by atoms with Crippen molar-refractivity contribution >= 4 is 17.9 Å². The van der Waals surface area contributed by atoms with Crippen LogP contribution in [0.4, 0.5) is 16.6 Å². The fourth-order valence-electron chi connectivity index (χ4n) is 5.27. The number of hydrogen-bond donors (Lipinski definition) is 3. The highest BCUT2D eigenvalue weighted by molar-refractivity contribution is 5.66. The maximum atomic E-state index is 11.2. The zero-order chi connectivity index (χ0) is 21.3. The number of carboxylic acid groups (broad SMARTS) is 1. The van der Waals surface area contributed by atoms with E-state index in [-0.39, 0.29) is 18.1 Å². The monoisotopic (exact) mass is 417 g/mol. The molecule has 0 saturated carbocycles. The number of hydrogen-bond acceptors (Lipinski definition) is 6. The molecule has 0 radical (unpaired) electrons. The van der Waals surface area contributed by atoms with E-state index in [1.807, 2.05) is 0 Å². The predicted molar refractivity (Wildman–Crippen MR) is 116 cm³/mol. The number of fused-ring (bicyclic) bond motifs is 1. The molecule has 0 aromatic carbocycles. The van der Waals surface area contributed by atoms with Crippen molar-refractivity contribution < 1.29 is 15.0 Å². The van der Waals surface area contributed by atoms with Crippen LogP contribution in [0.1, 0.15) is 57.2 Å². The molecular formula is C22H35N5O3. The van der Waals surface area contributed by atoms with Crippen LogP contribution in [0.25, 0.3) is 0 Å². The lowest BCUT2D eigenvalue weighted by Crippen LogP contribution is -2.59. The highest BCUT2D eigenvalue weighted by Gasteiger charge is 2.50. The summed E-state index contributed by atoms with van der Waals surface area (Å²) in [7, 11) is 0. The average molecular weight is 418 g/mol. The molecule has 1 spiro atoms. The first kappa shape index (κ1) is 21.2. The molecule has 30 heavy (non-hydrogen) atoms. The molecule has 3 N–H and O–H groups in total. The van der Waals surface area contributed by atoms with Gasteiger partial charge in [0.1, 0.15) is 5.82 Å². The molecule has 3 heterocycles. The summed E-state index contributed by atoms with van der Waals surface area (Å²) in [6.07, 6.45) is 6.18. The van der Waals surface area contributed by atoms with E-state index in [0.717, 1.165) is 69.1 Å². The van der Waals surface area contributed by atoms with E-state index in [1.54, 1.807) is 0 Å². The standard InChI is InChI=1S/C22H35N5O3/c1-15(2)11-16(7-10-28)23-19-17-5-3-4-6-18(17)24-20(25-19)26-9-8-22(12-26)13-27(14-22)21(29)30/h15-16,28H,3-14H2,1-2H3,(H,29,30)(H,23,24,25). The first-order valence-corrected chi connectivity index (χ1v) is 11.4. The van der Waals surface area contributed by atoms with E-state index >= 15 is 0 Å². The van der Waals surface area contributed by atoms with Gasteiger partial charge in [-0.1, -0.05) is 13.8 Å². The molecule has 2 saturated heterocycles. The third kappa shape index (κ3) is 4.33. The maximum absolute atomic E-state index is 11.2. The Morgan fingerprint density at radius 3 is 2.67 bits per heavy atom. The number of aromatic nitrogens is 2. The molecule has 4 rings (SSSR count). The Bertz CT molecular complexity index is 778. The van der Waals surface area contributed by atoms with E-state index in [2.05, 4.69) is 24.1 Å². The zero-order valence-electron chi connectivity index (χ0n) is 18.2. The Morgan fingerprint density at radius 1 is 1.20 bits per heavy atom. The Balaban J connectivity index is 1.54. The topological polar surface area (TPSA) is 102 Å². The minimum atomic E-state index is -0.823. The average Bonchev–Trinajstić information content (AvgIpc) is 3.12. The fraction of sp³-hybridized carbons (Fsp3) is 0.773. The molecule has 0 bridgehead atoms. The second-order valence-electron chi connectivity index (χ2n) is 9.80. The van der Waals surface area contributed by atoms with Crippen LogP contribution < -0.4 is 10.2 Å². The van der Waals surface area contributed by atoms with Gasteiger partial charge in [-0.2, -0.15) is 4.98 Å². The number of anilines is 2. The normalized spacial score (nSPS) is 20.9. The van der Waals surface area contributed by atoms with Crippen LogP contribution in [0.3, 0.4) is 0 Å². The van der Waals surface area contributed by atoms with Gasteiger partial charge in [-0.3, -0.25) is 0 Å². The van der Waals surface area contributed by atoms with E-state index < -0.39 is 6.09 Å². The SMILES string of the molecule is CC(C)CC(CCO)Nc1nc(N2CCC3(CN(C(=O)O)C3)C2)nc2c1CCCC2. The summed E-state index contributed by atoms with van der Waals surface area (Å²) < 4.78 is 0. The molecule has 166 valence electrons. The van der Waals surface area contributed by atoms with E-state index in [9.17, 15) is 15.0 Å². The number of nitrogens with one attached hydrogen (secondary N) is 1. The van der Waals surface area contributed by atoms with E-state index in [4.69, 9.17) is 9.97 Å². The van der Waals surface area contributed by atoms with Crippen molar-refractivity contribution in [3.05, 3.63) is 11.3 Å². The Hall–Kier alpha value is -2.09. The summed E-state index contributed by atoms with van der Waals surface area (Å²) >= 11 is 0. The third-order valence-electron chi connectivity index (χ3n) is 6.79. The van der Waals surface area contributed by atoms with Crippen molar-refractivity contribution in [3.63, 3.8) is 0 Å². The lowest BCUT2D eigenvalue weighted by molar-refractivity contribution is 0.0251. The molecule has 1 aliphatic carbocycles. The summed E-state index contributed by atoms with van der Waals surface area (Å²) in [6, 6.07) is 0.199. The molecule has 2 aliphatic heterocycles. The predicted octanol–water partition coefficient (Wildman–Crippen LogP) is 2.75. The van der Waals surface area contributed by atoms with Gasteiger partial charge in [-0.25, -0.2) is 9.78 Å². The van der Waals surface area contributed by atoms with Crippen molar-refractivity contribution in [2.75, 3.05) is 43.0 Å². The number of rotatable bonds is 7. The number of amides is 1. The second kappa shape index (κ2) is 8.57. The summed E-state index contributed by atoms with van der Waals surface area (Å²) in [5.74, 6) is 2.26. The number of aliphatic hydroxyl groups excluding tert-OH is 1. The van der Waals surface area contributed by atoms with Crippen molar-refractivity contribution in [2.24, 2.45) is 11.3 Å². The lowest BCUT2D eigenvalue weighted by atomic mass is 9.79. The summed E-state index contributed by atoms with van der Waals surface area (Å²) in [4.78, 5) is 24.8. The number of likely N-dealkylation sites (tertiary alicyclic amines) is 1. The van der Waals surface area contributed by atoms with Crippen molar-refractivity contribution in [1.82, 2.24) is 14.9 Å². The van der Waals surface area contributed by atoms with Gasteiger partial charge in [0.25, 0.3) is 0 Å². The molecule has 1 atom stereocenters. The molecule has 8 nitrogen and oxygen atoms in total. The molecule has 3 aliphatic rings. The largest absolute Gasteiger partial charge is 0.465 e. The first-order chi connectivity index (χ1) is 14.4. The Kier molecular flexibility index (Phi) is 6.04. The molecule has 1 amide bonds. The molecule has 2 fully saturated rings. The summed E-state index contributed by atoms with van der Waals surface area (Å²) in [5, 5.41) is 22.3. The highest BCUT2D eigenvalue weighted by Crippen LogP contribution is 2.41. The van der Waals surface area contributed by atoms with Gasteiger partial charge in [0.2, 0.25) is 5.95 Å². The summed E-state index contributed by atoms with van der Waals surface area (Å²) in [6.45, 7) is 7.49. The smallest absolute Gasteiger partial charge is 0.407 e. The van der Waals surface area contributed by atoms with Gasteiger partial charge in [-0.05, 0) is 50.9 Å². The van der Waals surface area contributed by atoms with Crippen LogP contribution in [0.5, 0.6) is 0 Å². The van der Waals surface area contributed by atoms with Crippen LogP contribution in [0, 0.1) is 11.3 Å². The minimum Gasteiger partial charge on any atom is -0.465 e. The van der Waals surface area contributed by atoms with Crippen LogP contribution >= 0.6 is 0 Å². The number of aryl methyl sites for hydroxylation is 1. The van der Waals surface area contributed by atoms with Crippen LogP contribution in [0.15, 0.2) is 0 Å². The van der Waals surface area contributed by atoms with Gasteiger partial charge in [0, 0.05) is 49.8 Å². The van der Waals surface area contributed by atoms with Gasteiger partial charge >= 0.3 is 6.09 Å². The second-order valence-corrected chi connectivity index (χ2v) is 9.80. The van der Waals surface area contributed by atoms with Crippen molar-refractivity contribution in [3.8, 4) is 0 Å². The van der Waals surface area contributed by atoms with Gasteiger partial charge in [0.05, 0.1) is 5.69 Å². The van der Waals surface area contributed by atoms with E-state index in [0.29, 0.717) is 25.4 Å². The van der Waals surface area contributed by atoms with Crippen LogP contribution in [-0.4, -0.2) is 70.0 Å². The number of nitrogens with zero attached hydrogens (tertiary/aromatic N) is 4. The summed E-state index contributed by atoms with van der Waals surface area (Å²) in [5.41, 5.74) is 2.46. The number of carbonyl (C=O) groups is 1.